The van der Waals surface area contributed by atoms with Crippen molar-refractivity contribution in [1.29, 1.82) is 0 Å². The molecule has 7 heteroatoms. The number of carbonyl (C=O) groups excluding carboxylic acids is 1. The van der Waals surface area contributed by atoms with Crippen molar-refractivity contribution in [3.05, 3.63) is 23.8 Å². The highest BCUT2D eigenvalue weighted by molar-refractivity contribution is 5.94. The molecule has 1 aromatic carbocycles. The number of ether oxygens (including phenoxy) is 3. The Labute approximate surface area is 115 Å². The molecule has 0 saturated heterocycles. The lowest BCUT2D eigenvalue weighted by atomic mass is 10.2. The van der Waals surface area contributed by atoms with Crippen LogP contribution < -0.4 is 14.8 Å². The van der Waals surface area contributed by atoms with Crippen LogP contribution in [0.1, 0.15) is 10.4 Å². The zero-order valence-corrected chi connectivity index (χ0v) is 10.8. The number of aliphatic carboxylic acids is 1. The molecule has 1 aromatic rings. The van der Waals surface area contributed by atoms with Crippen molar-refractivity contribution in [2.75, 3.05) is 33.0 Å². The molecule has 0 aliphatic carbocycles. The number of nitrogens with one attached hydrogen (secondary N) is 1. The number of rotatable bonds is 6. The third-order valence-electron chi connectivity index (χ3n) is 2.56. The van der Waals surface area contributed by atoms with Crippen LogP contribution in [0, 0.1) is 0 Å². The summed E-state index contributed by atoms with van der Waals surface area (Å²) in [6.07, 6.45) is 0. The summed E-state index contributed by atoms with van der Waals surface area (Å²) >= 11 is 0. The molecule has 1 aliphatic rings. The molecule has 0 saturated carbocycles. The molecule has 0 fully saturated rings. The maximum absolute atomic E-state index is 11.8. The highest BCUT2D eigenvalue weighted by Gasteiger charge is 2.14. The molecule has 2 N–H and O–H groups in total. The van der Waals surface area contributed by atoms with Crippen LogP contribution in [0.4, 0.5) is 0 Å². The van der Waals surface area contributed by atoms with Gasteiger partial charge in [-0.05, 0) is 18.2 Å². The van der Waals surface area contributed by atoms with Gasteiger partial charge in [0, 0.05) is 12.1 Å². The van der Waals surface area contributed by atoms with Gasteiger partial charge in [-0.2, -0.15) is 0 Å². The Balaban J connectivity index is 1.82. The van der Waals surface area contributed by atoms with E-state index in [0.717, 1.165) is 0 Å². The Kier molecular flexibility index (Phi) is 4.78. The standard InChI is InChI=1S/C13H15NO6/c15-12(16)8-18-4-3-14-13(17)9-1-2-10-11(7-9)20-6-5-19-10/h1-2,7H,3-6,8H2,(H,14,17)(H,15,16). The van der Waals surface area contributed by atoms with Crippen LogP contribution in [0.2, 0.25) is 0 Å². The maximum Gasteiger partial charge on any atom is 0.329 e. The number of hydrogen-bond donors (Lipinski definition) is 2. The van der Waals surface area contributed by atoms with E-state index in [-0.39, 0.29) is 25.7 Å². The lowest BCUT2D eigenvalue weighted by Gasteiger charge is -2.18. The normalized spacial score (nSPS) is 12.8. The third kappa shape index (κ3) is 3.86. The molecular weight excluding hydrogens is 266 g/mol. The second kappa shape index (κ2) is 6.76. The second-order valence-electron chi connectivity index (χ2n) is 4.06. The van der Waals surface area contributed by atoms with Gasteiger partial charge in [0.1, 0.15) is 19.8 Å². The number of benzene rings is 1. The largest absolute Gasteiger partial charge is 0.486 e. The van der Waals surface area contributed by atoms with Crippen LogP contribution in [0.15, 0.2) is 18.2 Å². The van der Waals surface area contributed by atoms with Gasteiger partial charge >= 0.3 is 5.97 Å². The first-order valence-electron chi connectivity index (χ1n) is 6.14. The molecule has 108 valence electrons. The summed E-state index contributed by atoms with van der Waals surface area (Å²) in [6.45, 7) is 0.962. The number of fused-ring (bicyclic) bond motifs is 1. The Morgan fingerprint density at radius 1 is 1.25 bits per heavy atom. The van der Waals surface area contributed by atoms with Crippen LogP contribution >= 0.6 is 0 Å². The van der Waals surface area contributed by atoms with Gasteiger partial charge in [-0.15, -0.1) is 0 Å². The first kappa shape index (κ1) is 14.1. The van der Waals surface area contributed by atoms with Gasteiger partial charge in [0.15, 0.2) is 11.5 Å². The monoisotopic (exact) mass is 281 g/mol. The quantitative estimate of drug-likeness (QED) is 0.728. The van der Waals surface area contributed by atoms with Gasteiger partial charge in [0.25, 0.3) is 5.91 Å². The minimum atomic E-state index is -1.04. The van der Waals surface area contributed by atoms with E-state index < -0.39 is 5.97 Å². The number of hydrogen-bond acceptors (Lipinski definition) is 5. The van der Waals surface area contributed by atoms with Crippen LogP contribution in [0.5, 0.6) is 11.5 Å². The van der Waals surface area contributed by atoms with E-state index in [4.69, 9.17) is 19.3 Å². The Morgan fingerprint density at radius 3 is 2.75 bits per heavy atom. The molecule has 1 heterocycles. The molecule has 0 spiro atoms. The highest BCUT2D eigenvalue weighted by atomic mass is 16.6. The molecule has 0 bridgehead atoms. The Morgan fingerprint density at radius 2 is 2.00 bits per heavy atom. The van der Waals surface area contributed by atoms with Gasteiger partial charge in [-0.1, -0.05) is 0 Å². The summed E-state index contributed by atoms with van der Waals surface area (Å²) < 4.78 is 15.6. The molecule has 20 heavy (non-hydrogen) atoms. The van der Waals surface area contributed by atoms with Crippen molar-refractivity contribution in [3.8, 4) is 11.5 Å². The summed E-state index contributed by atoms with van der Waals surface area (Å²) in [4.78, 5) is 22.1. The zero-order valence-electron chi connectivity index (χ0n) is 10.8. The van der Waals surface area contributed by atoms with Gasteiger partial charge < -0.3 is 24.6 Å². The molecule has 0 unspecified atom stereocenters. The highest BCUT2D eigenvalue weighted by Crippen LogP contribution is 2.30. The van der Waals surface area contributed by atoms with E-state index in [1.165, 1.54) is 0 Å². The minimum absolute atomic E-state index is 0.141. The fourth-order valence-electron chi connectivity index (χ4n) is 1.68. The van der Waals surface area contributed by atoms with Crippen LogP contribution in [0.25, 0.3) is 0 Å². The van der Waals surface area contributed by atoms with Gasteiger partial charge in [-0.3, -0.25) is 4.79 Å². The number of carboxylic acid groups (broad SMARTS) is 1. The molecular formula is C13H15NO6. The fraction of sp³-hybridized carbons (Fsp3) is 0.385. The van der Waals surface area contributed by atoms with Crippen LogP contribution in [0.3, 0.4) is 0 Å². The molecule has 0 radical (unpaired) electrons. The number of carboxylic acids is 1. The summed E-state index contributed by atoms with van der Waals surface area (Å²) in [5.41, 5.74) is 0.451. The predicted octanol–water partition coefficient (Wildman–Crippen LogP) is 0.289. The molecule has 2 rings (SSSR count). The average Bonchev–Trinajstić information content (AvgIpc) is 2.46. The van der Waals surface area contributed by atoms with Gasteiger partial charge in [0.05, 0.1) is 6.61 Å². The smallest absolute Gasteiger partial charge is 0.329 e. The van der Waals surface area contributed by atoms with Crippen molar-refractivity contribution in [3.63, 3.8) is 0 Å². The Hall–Kier alpha value is -2.28. The lowest BCUT2D eigenvalue weighted by Crippen LogP contribution is -2.28. The molecule has 7 nitrogen and oxygen atoms in total. The summed E-state index contributed by atoms with van der Waals surface area (Å²) in [5.74, 6) is -0.146. The van der Waals surface area contributed by atoms with E-state index in [2.05, 4.69) is 5.32 Å². The number of amides is 1. The van der Waals surface area contributed by atoms with E-state index in [1.807, 2.05) is 0 Å². The van der Waals surface area contributed by atoms with Crippen molar-refractivity contribution < 1.29 is 28.9 Å². The second-order valence-corrected chi connectivity index (χ2v) is 4.06. The first-order valence-corrected chi connectivity index (χ1v) is 6.14. The minimum Gasteiger partial charge on any atom is -0.486 e. The molecule has 0 atom stereocenters. The summed E-state index contributed by atoms with van der Waals surface area (Å²) in [6, 6.07) is 4.94. The molecule has 1 aliphatic heterocycles. The van der Waals surface area contributed by atoms with Crippen molar-refractivity contribution in [2.24, 2.45) is 0 Å². The third-order valence-corrected chi connectivity index (χ3v) is 2.56. The zero-order chi connectivity index (χ0) is 14.4. The summed E-state index contributed by atoms with van der Waals surface area (Å²) in [5, 5.41) is 11.0. The van der Waals surface area contributed by atoms with Crippen LogP contribution in [-0.2, 0) is 9.53 Å². The SMILES string of the molecule is O=C(O)COCCNC(=O)c1ccc2c(c1)OCCO2. The van der Waals surface area contributed by atoms with E-state index in [1.54, 1.807) is 18.2 Å². The Bertz CT molecular complexity index is 502. The molecule has 0 aromatic heterocycles. The van der Waals surface area contributed by atoms with Gasteiger partial charge in [0.2, 0.25) is 0 Å². The van der Waals surface area contributed by atoms with E-state index in [0.29, 0.717) is 30.3 Å². The van der Waals surface area contributed by atoms with Crippen molar-refractivity contribution >= 4 is 11.9 Å². The fourth-order valence-corrected chi connectivity index (χ4v) is 1.68. The number of carbonyl (C=O) groups is 2. The van der Waals surface area contributed by atoms with Gasteiger partial charge in [-0.25, -0.2) is 4.79 Å². The summed E-state index contributed by atoms with van der Waals surface area (Å²) in [7, 11) is 0. The van der Waals surface area contributed by atoms with Crippen molar-refractivity contribution in [2.45, 2.75) is 0 Å². The van der Waals surface area contributed by atoms with E-state index >= 15 is 0 Å². The topological polar surface area (TPSA) is 94.1 Å². The predicted molar refractivity (Wildman–Crippen MR) is 68.2 cm³/mol. The van der Waals surface area contributed by atoms with Crippen molar-refractivity contribution in [1.82, 2.24) is 5.32 Å². The first-order chi connectivity index (χ1) is 9.66. The average molecular weight is 281 g/mol. The molecule has 1 amide bonds. The van der Waals surface area contributed by atoms with Crippen LogP contribution in [-0.4, -0.2) is 50.0 Å². The lowest BCUT2D eigenvalue weighted by molar-refractivity contribution is -0.142. The van der Waals surface area contributed by atoms with E-state index in [9.17, 15) is 9.59 Å². The maximum atomic E-state index is 11.8.